The molecule has 1 atom stereocenters. The van der Waals surface area contributed by atoms with E-state index in [1.807, 2.05) is 6.92 Å². The Morgan fingerprint density at radius 3 is 2.68 bits per heavy atom. The molecule has 2 aromatic rings. The van der Waals surface area contributed by atoms with Gasteiger partial charge in [0.05, 0.1) is 0 Å². The van der Waals surface area contributed by atoms with Crippen molar-refractivity contribution in [3.8, 4) is 0 Å². The Morgan fingerprint density at radius 2 is 2.11 bits per heavy atom. The number of nitrogens with one attached hydrogen (secondary N) is 2. The van der Waals surface area contributed by atoms with Crippen LogP contribution < -0.4 is 17.0 Å². The first-order valence-corrected chi connectivity index (χ1v) is 6.57. The molecule has 2 aromatic heterocycles. The fraction of sp³-hybridized carbons (Fsp3) is 0.400. The highest BCUT2D eigenvalue weighted by Crippen LogP contribution is 2.21. The predicted octanol–water partition coefficient (Wildman–Crippen LogP) is -0.650. The lowest BCUT2D eigenvalue weighted by Crippen LogP contribution is -2.51. The highest BCUT2D eigenvalue weighted by molar-refractivity contribution is 7.98. The Bertz CT molecular complexity index is 687. The zero-order valence-electron chi connectivity index (χ0n) is 10.5. The van der Waals surface area contributed by atoms with Crippen molar-refractivity contribution in [2.24, 2.45) is 0 Å². The number of aryl methyl sites for hydroxylation is 1. The molecule has 0 saturated carbocycles. The summed E-state index contributed by atoms with van der Waals surface area (Å²) in [4.78, 5) is 27.4. The molecule has 0 saturated heterocycles. The minimum absolute atomic E-state index is 0.0833. The summed E-state index contributed by atoms with van der Waals surface area (Å²) in [5.41, 5.74) is 3.88. The number of aromatic nitrogens is 4. The average molecular weight is 284 g/mol. The van der Waals surface area contributed by atoms with Crippen molar-refractivity contribution in [2.45, 2.75) is 30.9 Å². The third-order valence-electron chi connectivity index (χ3n) is 2.44. The summed E-state index contributed by atoms with van der Waals surface area (Å²) in [5.74, 6) is 0.792. The maximum atomic E-state index is 11.6. The summed E-state index contributed by atoms with van der Waals surface area (Å²) in [6, 6.07) is -0.0833. The van der Waals surface area contributed by atoms with Gasteiger partial charge in [-0.15, -0.1) is 10.2 Å². The molecule has 0 aliphatic carbocycles. The van der Waals surface area contributed by atoms with E-state index in [0.29, 0.717) is 28.1 Å². The van der Waals surface area contributed by atoms with E-state index in [2.05, 4.69) is 25.9 Å². The quantitative estimate of drug-likeness (QED) is 0.639. The highest BCUT2D eigenvalue weighted by Gasteiger charge is 2.14. The first kappa shape index (κ1) is 13.6. The zero-order valence-corrected chi connectivity index (χ0v) is 11.3. The van der Waals surface area contributed by atoms with Gasteiger partial charge in [0.2, 0.25) is 0 Å². The van der Waals surface area contributed by atoms with Crippen LogP contribution in [0.4, 0.5) is 0 Å². The minimum Gasteiger partial charge on any atom is -0.410 e. The monoisotopic (exact) mass is 284 g/mol. The molecule has 102 valence electrons. The largest absolute Gasteiger partial charge is 0.410 e. The van der Waals surface area contributed by atoms with E-state index in [0.717, 1.165) is 0 Å². The Hall–Kier alpha value is -1.87. The molecule has 19 heavy (non-hydrogen) atoms. The molecule has 9 heteroatoms. The van der Waals surface area contributed by atoms with Crippen molar-refractivity contribution >= 4 is 11.8 Å². The molecule has 8 nitrogen and oxygen atoms in total. The van der Waals surface area contributed by atoms with Gasteiger partial charge in [0, 0.05) is 17.0 Å². The third-order valence-corrected chi connectivity index (χ3v) is 3.28. The first-order valence-electron chi connectivity index (χ1n) is 5.58. The lowest BCUT2D eigenvalue weighted by atomic mass is 10.3. The van der Waals surface area contributed by atoms with Crippen molar-refractivity contribution in [1.29, 1.82) is 0 Å². The van der Waals surface area contributed by atoms with E-state index >= 15 is 0 Å². The van der Waals surface area contributed by atoms with Crippen LogP contribution in [0.5, 0.6) is 0 Å². The number of quaternary nitrogens is 1. The lowest BCUT2D eigenvalue weighted by molar-refractivity contribution is -0.425. The number of thioether (sulfide) groups is 1. The van der Waals surface area contributed by atoms with Crippen molar-refractivity contribution in [1.82, 2.24) is 20.2 Å². The number of nitrogens with zero attached hydrogens (tertiary/aromatic N) is 2. The van der Waals surface area contributed by atoms with Gasteiger partial charge in [-0.1, -0.05) is 11.8 Å². The molecule has 0 fully saturated rings. The summed E-state index contributed by atoms with van der Waals surface area (Å²) in [7, 11) is 0. The van der Waals surface area contributed by atoms with Crippen LogP contribution in [0.2, 0.25) is 0 Å². The minimum atomic E-state index is -0.512. The van der Waals surface area contributed by atoms with Crippen LogP contribution in [0.1, 0.15) is 30.1 Å². The molecule has 2 heterocycles. The van der Waals surface area contributed by atoms with Gasteiger partial charge in [-0.25, -0.2) is 4.79 Å². The summed E-state index contributed by atoms with van der Waals surface area (Å²) in [6.45, 7) is 3.52. The summed E-state index contributed by atoms with van der Waals surface area (Å²) in [6.07, 6.45) is 0. The number of H-pyrrole nitrogens is 2. The van der Waals surface area contributed by atoms with Crippen LogP contribution in [-0.2, 0) is 5.75 Å². The summed E-state index contributed by atoms with van der Waals surface area (Å²) >= 11 is 1.24. The van der Waals surface area contributed by atoms with Crippen LogP contribution in [0.15, 0.2) is 19.2 Å². The standard InChI is InChI=1S/C10H13N5O3S/c1-4(11)8-14-15-10(18-8)19-3-6-5(2)12-9(17)13-7(6)16/h4H,3,11H2,1-2H3,(H2,12,13,16,17)/p+1. The second kappa shape index (κ2) is 5.41. The summed E-state index contributed by atoms with van der Waals surface area (Å²) < 4.78 is 5.36. The Kier molecular flexibility index (Phi) is 3.86. The second-order valence-corrected chi connectivity index (χ2v) is 5.03. The van der Waals surface area contributed by atoms with Crippen LogP contribution in [0.3, 0.4) is 0 Å². The molecule has 0 aromatic carbocycles. The number of rotatable bonds is 4. The molecular formula is C10H14N5O3S+. The first-order chi connectivity index (χ1) is 8.97. The normalized spacial score (nSPS) is 12.6. The topological polar surface area (TPSA) is 132 Å². The Morgan fingerprint density at radius 1 is 1.37 bits per heavy atom. The van der Waals surface area contributed by atoms with Crippen molar-refractivity contribution in [3.05, 3.63) is 38.0 Å². The molecular weight excluding hydrogens is 270 g/mol. The fourth-order valence-electron chi connectivity index (χ4n) is 1.41. The summed E-state index contributed by atoms with van der Waals surface area (Å²) in [5, 5.41) is 8.07. The van der Waals surface area contributed by atoms with Crippen LogP contribution >= 0.6 is 11.8 Å². The van der Waals surface area contributed by atoms with Crippen LogP contribution in [0, 0.1) is 6.92 Å². The van der Waals surface area contributed by atoms with Gasteiger partial charge in [0.1, 0.15) is 0 Å². The van der Waals surface area contributed by atoms with Gasteiger partial charge in [-0.2, -0.15) is 0 Å². The van der Waals surface area contributed by atoms with Gasteiger partial charge in [0.25, 0.3) is 16.7 Å². The molecule has 2 rings (SSSR count). The second-order valence-electron chi connectivity index (χ2n) is 4.11. The number of hydrogen-bond acceptors (Lipinski definition) is 6. The van der Waals surface area contributed by atoms with Gasteiger partial charge in [-0.3, -0.25) is 9.78 Å². The highest BCUT2D eigenvalue weighted by atomic mass is 32.2. The van der Waals surface area contributed by atoms with E-state index < -0.39 is 11.2 Å². The van der Waals surface area contributed by atoms with E-state index in [-0.39, 0.29) is 6.04 Å². The lowest BCUT2D eigenvalue weighted by Gasteiger charge is -2.01. The smallest absolute Gasteiger partial charge is 0.325 e. The maximum Gasteiger partial charge on any atom is 0.325 e. The van der Waals surface area contributed by atoms with Gasteiger partial charge < -0.3 is 15.1 Å². The molecule has 1 unspecified atom stereocenters. The SMILES string of the molecule is Cc1[nH]c(=O)[nH]c(=O)c1CSc1nnc(C(C)[NH3+])o1. The molecule has 0 spiro atoms. The average Bonchev–Trinajstić information content (AvgIpc) is 2.76. The van der Waals surface area contributed by atoms with E-state index in [4.69, 9.17) is 4.42 Å². The Balaban J connectivity index is 2.14. The number of aromatic amines is 2. The van der Waals surface area contributed by atoms with E-state index in [9.17, 15) is 9.59 Å². The van der Waals surface area contributed by atoms with Crippen LogP contribution in [0.25, 0.3) is 0 Å². The van der Waals surface area contributed by atoms with Crippen molar-refractivity contribution in [3.63, 3.8) is 0 Å². The molecule has 0 bridgehead atoms. The van der Waals surface area contributed by atoms with E-state index in [1.165, 1.54) is 11.8 Å². The van der Waals surface area contributed by atoms with Gasteiger partial charge in [0.15, 0.2) is 6.04 Å². The molecule has 0 aliphatic heterocycles. The predicted molar refractivity (Wildman–Crippen MR) is 67.6 cm³/mol. The molecule has 5 N–H and O–H groups in total. The third kappa shape index (κ3) is 3.12. The van der Waals surface area contributed by atoms with E-state index in [1.54, 1.807) is 6.92 Å². The molecule has 0 aliphatic rings. The molecule has 0 amide bonds. The number of hydrogen-bond donors (Lipinski definition) is 3. The maximum absolute atomic E-state index is 11.6. The van der Waals surface area contributed by atoms with Gasteiger partial charge in [-0.05, 0) is 13.8 Å². The van der Waals surface area contributed by atoms with Crippen molar-refractivity contribution in [2.75, 3.05) is 0 Å². The zero-order chi connectivity index (χ0) is 14.0. The molecule has 0 radical (unpaired) electrons. The Labute approximate surface area is 111 Å². The van der Waals surface area contributed by atoms with Crippen LogP contribution in [-0.4, -0.2) is 20.2 Å². The van der Waals surface area contributed by atoms with Gasteiger partial charge >= 0.3 is 5.69 Å². The fourth-order valence-corrected chi connectivity index (χ4v) is 2.27. The van der Waals surface area contributed by atoms with Crippen molar-refractivity contribution < 1.29 is 10.2 Å².